The van der Waals surface area contributed by atoms with E-state index < -0.39 is 17.7 Å². The van der Waals surface area contributed by atoms with Gasteiger partial charge in [0.15, 0.2) is 0 Å². The summed E-state index contributed by atoms with van der Waals surface area (Å²) >= 11 is 1.94. The predicted octanol–water partition coefficient (Wildman–Crippen LogP) is 4.40. The number of carbonyl (C=O) groups excluding carboxylic acids is 1. The molecule has 0 bridgehead atoms. The zero-order chi connectivity index (χ0) is 15.3. The van der Waals surface area contributed by atoms with Crippen LogP contribution in [-0.4, -0.2) is 24.1 Å². The summed E-state index contributed by atoms with van der Waals surface area (Å²) in [4.78, 5) is 11.7. The van der Waals surface area contributed by atoms with E-state index in [-0.39, 0.29) is 5.56 Å². The van der Waals surface area contributed by atoms with Gasteiger partial charge < -0.3 is 4.74 Å². The maximum atomic E-state index is 12.4. The van der Waals surface area contributed by atoms with Crippen LogP contribution in [0.25, 0.3) is 0 Å². The monoisotopic (exact) mass is 318 g/mol. The van der Waals surface area contributed by atoms with E-state index in [0.29, 0.717) is 12.5 Å². The van der Waals surface area contributed by atoms with Crippen LogP contribution in [0.2, 0.25) is 0 Å². The van der Waals surface area contributed by atoms with Gasteiger partial charge in [0.05, 0.1) is 17.7 Å². The summed E-state index contributed by atoms with van der Waals surface area (Å²) in [5.41, 5.74) is -0.610. The average molecular weight is 318 g/mol. The Morgan fingerprint density at radius 2 is 1.81 bits per heavy atom. The van der Waals surface area contributed by atoms with Crippen LogP contribution in [0.5, 0.6) is 0 Å². The van der Waals surface area contributed by atoms with Crippen LogP contribution < -0.4 is 0 Å². The Labute approximate surface area is 126 Å². The Hall–Kier alpha value is -1.17. The van der Waals surface area contributed by atoms with Crippen LogP contribution in [0, 0.1) is 5.92 Å². The van der Waals surface area contributed by atoms with Crippen molar-refractivity contribution in [2.75, 3.05) is 18.1 Å². The zero-order valence-corrected chi connectivity index (χ0v) is 12.3. The molecule has 1 aromatic carbocycles. The fourth-order valence-corrected chi connectivity index (χ4v) is 3.44. The molecule has 1 aliphatic rings. The summed E-state index contributed by atoms with van der Waals surface area (Å²) in [5, 5.41) is 0. The number of ether oxygens (including phenoxy) is 1. The summed E-state index contributed by atoms with van der Waals surface area (Å²) in [7, 11) is 0. The second kappa shape index (κ2) is 7.20. The molecule has 2 nitrogen and oxygen atoms in total. The van der Waals surface area contributed by atoms with Crippen molar-refractivity contribution in [2.45, 2.75) is 25.4 Å². The van der Waals surface area contributed by atoms with Crippen LogP contribution >= 0.6 is 11.8 Å². The van der Waals surface area contributed by atoms with E-state index >= 15 is 0 Å². The van der Waals surface area contributed by atoms with Gasteiger partial charge in [0.2, 0.25) is 0 Å². The highest BCUT2D eigenvalue weighted by molar-refractivity contribution is 7.99. The molecule has 21 heavy (non-hydrogen) atoms. The first kappa shape index (κ1) is 16.2. The van der Waals surface area contributed by atoms with Crippen molar-refractivity contribution in [2.24, 2.45) is 5.92 Å². The van der Waals surface area contributed by atoms with Crippen LogP contribution in [0.3, 0.4) is 0 Å². The number of halogens is 3. The van der Waals surface area contributed by atoms with Gasteiger partial charge in [-0.05, 0) is 61.0 Å². The standard InChI is InChI=1S/C15H17F3O2S/c16-15(17,18)13-3-1-12(2-4-13)14(19)20-8-5-11-6-9-21-10-7-11/h1-4,11H,5-10H2. The molecule has 2 rings (SSSR count). The second-order valence-corrected chi connectivity index (χ2v) is 6.28. The molecule has 0 N–H and O–H groups in total. The first-order valence-corrected chi connectivity index (χ1v) is 8.04. The van der Waals surface area contributed by atoms with Gasteiger partial charge in [0, 0.05) is 0 Å². The van der Waals surface area contributed by atoms with Gasteiger partial charge in [-0.3, -0.25) is 0 Å². The highest BCUT2D eigenvalue weighted by Crippen LogP contribution is 2.29. The molecule has 1 aliphatic heterocycles. The molecule has 0 atom stereocenters. The summed E-state index contributed by atoms with van der Waals surface area (Å²) < 4.78 is 42.4. The molecule has 0 aromatic heterocycles. The number of benzene rings is 1. The maximum Gasteiger partial charge on any atom is 0.416 e. The topological polar surface area (TPSA) is 26.3 Å². The highest BCUT2D eigenvalue weighted by Gasteiger charge is 2.30. The van der Waals surface area contributed by atoms with Crippen molar-refractivity contribution in [3.05, 3.63) is 35.4 Å². The van der Waals surface area contributed by atoms with Crippen molar-refractivity contribution in [3.8, 4) is 0 Å². The van der Waals surface area contributed by atoms with E-state index in [1.165, 1.54) is 0 Å². The normalized spacial score (nSPS) is 16.7. The Morgan fingerprint density at radius 1 is 1.19 bits per heavy atom. The van der Waals surface area contributed by atoms with Crippen molar-refractivity contribution < 1.29 is 22.7 Å². The minimum atomic E-state index is -4.39. The number of rotatable bonds is 4. The molecule has 1 saturated heterocycles. The number of hydrogen-bond acceptors (Lipinski definition) is 3. The van der Waals surface area contributed by atoms with E-state index in [2.05, 4.69) is 0 Å². The molecule has 116 valence electrons. The molecule has 0 spiro atoms. The number of esters is 1. The maximum absolute atomic E-state index is 12.4. The van der Waals surface area contributed by atoms with Crippen molar-refractivity contribution in [1.82, 2.24) is 0 Å². The lowest BCUT2D eigenvalue weighted by Crippen LogP contribution is -2.14. The van der Waals surface area contributed by atoms with E-state index in [0.717, 1.165) is 55.0 Å². The lowest BCUT2D eigenvalue weighted by molar-refractivity contribution is -0.137. The van der Waals surface area contributed by atoms with Gasteiger partial charge in [-0.15, -0.1) is 0 Å². The number of thioether (sulfide) groups is 1. The first-order chi connectivity index (χ1) is 9.97. The summed E-state index contributed by atoms with van der Waals surface area (Å²) in [6.07, 6.45) is -1.28. The molecule has 1 aromatic rings. The quantitative estimate of drug-likeness (QED) is 0.770. The van der Waals surface area contributed by atoms with Gasteiger partial charge in [0.25, 0.3) is 0 Å². The minimum Gasteiger partial charge on any atom is -0.462 e. The Kier molecular flexibility index (Phi) is 5.56. The molecular weight excluding hydrogens is 301 g/mol. The molecule has 0 amide bonds. The Balaban J connectivity index is 1.80. The summed E-state index contributed by atoms with van der Waals surface area (Å²) in [6.45, 7) is 0.329. The van der Waals surface area contributed by atoms with Gasteiger partial charge in [-0.1, -0.05) is 0 Å². The smallest absolute Gasteiger partial charge is 0.416 e. The van der Waals surface area contributed by atoms with E-state index in [9.17, 15) is 18.0 Å². The largest absolute Gasteiger partial charge is 0.462 e. The van der Waals surface area contributed by atoms with Gasteiger partial charge in [0.1, 0.15) is 0 Å². The average Bonchev–Trinajstić information content (AvgIpc) is 2.47. The third-order valence-electron chi connectivity index (χ3n) is 3.55. The fraction of sp³-hybridized carbons (Fsp3) is 0.533. The zero-order valence-electron chi connectivity index (χ0n) is 11.5. The van der Waals surface area contributed by atoms with Gasteiger partial charge >= 0.3 is 12.1 Å². The lowest BCUT2D eigenvalue weighted by atomic mass is 10.00. The van der Waals surface area contributed by atoms with E-state index in [1.54, 1.807) is 0 Å². The Morgan fingerprint density at radius 3 is 2.38 bits per heavy atom. The van der Waals surface area contributed by atoms with E-state index in [1.807, 2.05) is 11.8 Å². The molecule has 6 heteroatoms. The third kappa shape index (κ3) is 4.95. The van der Waals surface area contributed by atoms with Crippen molar-refractivity contribution >= 4 is 17.7 Å². The minimum absolute atomic E-state index is 0.155. The lowest BCUT2D eigenvalue weighted by Gasteiger charge is -2.20. The van der Waals surface area contributed by atoms with Crippen LogP contribution in [0.15, 0.2) is 24.3 Å². The van der Waals surface area contributed by atoms with Crippen LogP contribution in [0.1, 0.15) is 35.2 Å². The molecule has 1 fully saturated rings. The summed E-state index contributed by atoms with van der Waals surface area (Å²) in [5.74, 6) is 2.33. The van der Waals surface area contributed by atoms with E-state index in [4.69, 9.17) is 4.74 Å². The number of carbonyl (C=O) groups is 1. The second-order valence-electron chi connectivity index (χ2n) is 5.06. The SMILES string of the molecule is O=C(OCCC1CCSCC1)c1ccc(C(F)(F)F)cc1. The fourth-order valence-electron chi connectivity index (χ4n) is 2.23. The highest BCUT2D eigenvalue weighted by atomic mass is 32.2. The van der Waals surface area contributed by atoms with Crippen LogP contribution in [0.4, 0.5) is 13.2 Å². The molecule has 0 saturated carbocycles. The molecule has 0 radical (unpaired) electrons. The number of hydrogen-bond donors (Lipinski definition) is 0. The van der Waals surface area contributed by atoms with Crippen molar-refractivity contribution in [1.29, 1.82) is 0 Å². The molecule has 1 heterocycles. The summed E-state index contributed by atoms with van der Waals surface area (Å²) in [6, 6.07) is 4.11. The first-order valence-electron chi connectivity index (χ1n) is 6.89. The predicted molar refractivity (Wildman–Crippen MR) is 76.4 cm³/mol. The number of alkyl halides is 3. The van der Waals surface area contributed by atoms with Crippen molar-refractivity contribution in [3.63, 3.8) is 0 Å². The third-order valence-corrected chi connectivity index (χ3v) is 4.60. The molecule has 0 unspecified atom stereocenters. The Bertz CT molecular complexity index is 465. The molecular formula is C15H17F3O2S. The molecule has 0 aliphatic carbocycles. The van der Waals surface area contributed by atoms with Gasteiger partial charge in [-0.2, -0.15) is 24.9 Å². The van der Waals surface area contributed by atoms with Gasteiger partial charge in [-0.25, -0.2) is 4.79 Å². The van der Waals surface area contributed by atoms with Crippen LogP contribution in [-0.2, 0) is 10.9 Å².